The average Bonchev–Trinajstić information content (AvgIpc) is 3.17. The van der Waals surface area contributed by atoms with Crippen LogP contribution in [0.4, 0.5) is 0 Å². The number of thioether (sulfide) groups is 1. The minimum absolute atomic E-state index is 0.0195. The largest absolute Gasteiger partial charge is 0.375 e. The predicted octanol–water partition coefficient (Wildman–Crippen LogP) is 1.84. The summed E-state index contributed by atoms with van der Waals surface area (Å²) in [6.07, 6.45) is 2.48. The molecule has 0 bridgehead atoms. The topological polar surface area (TPSA) is 93.1 Å². The molecule has 1 amide bonds. The van der Waals surface area contributed by atoms with Gasteiger partial charge in [-0.2, -0.15) is 5.10 Å². The van der Waals surface area contributed by atoms with Crippen molar-refractivity contribution in [3.8, 4) is 5.69 Å². The molecule has 3 heterocycles. The van der Waals surface area contributed by atoms with Crippen LogP contribution in [0.3, 0.4) is 0 Å². The second kappa shape index (κ2) is 8.15. The molecule has 1 aliphatic rings. The summed E-state index contributed by atoms with van der Waals surface area (Å²) in [4.78, 5) is 34.0. The predicted molar refractivity (Wildman–Crippen MR) is 107 cm³/mol. The van der Waals surface area contributed by atoms with E-state index in [1.807, 2.05) is 42.2 Å². The van der Waals surface area contributed by atoms with Crippen LogP contribution >= 0.6 is 11.8 Å². The van der Waals surface area contributed by atoms with Crippen molar-refractivity contribution in [3.63, 3.8) is 0 Å². The number of morpholine rings is 1. The van der Waals surface area contributed by atoms with Gasteiger partial charge in [-0.1, -0.05) is 36.9 Å². The van der Waals surface area contributed by atoms with Crippen LogP contribution in [0.25, 0.3) is 16.7 Å². The van der Waals surface area contributed by atoms with Crippen molar-refractivity contribution in [2.75, 3.05) is 25.4 Å². The Hall–Kier alpha value is -2.65. The Labute approximate surface area is 165 Å². The fourth-order valence-electron chi connectivity index (χ4n) is 3.14. The van der Waals surface area contributed by atoms with Crippen LogP contribution < -0.4 is 5.56 Å². The average molecular weight is 399 g/mol. The number of nitrogens with zero attached hydrogens (tertiary/aromatic N) is 4. The lowest BCUT2D eigenvalue weighted by atomic mass is 10.2. The lowest BCUT2D eigenvalue weighted by molar-refractivity contribution is -0.135. The minimum Gasteiger partial charge on any atom is -0.375 e. The van der Waals surface area contributed by atoms with E-state index in [1.165, 1.54) is 18.0 Å². The van der Waals surface area contributed by atoms with Gasteiger partial charge in [-0.05, 0) is 18.6 Å². The third-order valence-electron chi connectivity index (χ3n) is 4.70. The Morgan fingerprint density at radius 3 is 2.96 bits per heavy atom. The highest BCUT2D eigenvalue weighted by molar-refractivity contribution is 7.99. The summed E-state index contributed by atoms with van der Waals surface area (Å²) >= 11 is 1.23. The molecule has 1 saturated heterocycles. The highest BCUT2D eigenvalue weighted by atomic mass is 32.2. The van der Waals surface area contributed by atoms with Gasteiger partial charge in [0, 0.05) is 13.1 Å². The Morgan fingerprint density at radius 2 is 2.18 bits per heavy atom. The Balaban J connectivity index is 1.53. The van der Waals surface area contributed by atoms with E-state index in [1.54, 1.807) is 4.68 Å². The first-order valence-electron chi connectivity index (χ1n) is 9.21. The number of hydrogen-bond acceptors (Lipinski definition) is 6. The normalized spacial score (nSPS) is 17.2. The van der Waals surface area contributed by atoms with Crippen LogP contribution in [-0.4, -0.2) is 62.1 Å². The summed E-state index contributed by atoms with van der Waals surface area (Å²) in [5.41, 5.74) is 1.03. The minimum atomic E-state index is -0.264. The third kappa shape index (κ3) is 3.81. The molecule has 8 nitrogen and oxygen atoms in total. The summed E-state index contributed by atoms with van der Waals surface area (Å²) in [5.74, 6) is 0.232. The van der Waals surface area contributed by atoms with Crippen LogP contribution in [0.1, 0.15) is 13.3 Å². The first-order valence-corrected chi connectivity index (χ1v) is 10.2. The van der Waals surface area contributed by atoms with Crippen LogP contribution in [0.2, 0.25) is 0 Å². The van der Waals surface area contributed by atoms with Gasteiger partial charge < -0.3 is 14.6 Å². The number of para-hydroxylation sites is 1. The maximum atomic E-state index is 12.5. The van der Waals surface area contributed by atoms with Crippen LogP contribution in [0.15, 0.2) is 46.5 Å². The highest BCUT2D eigenvalue weighted by Crippen LogP contribution is 2.19. The molecule has 1 aromatic carbocycles. The quantitative estimate of drug-likeness (QED) is 0.520. The monoisotopic (exact) mass is 399 g/mol. The Kier molecular flexibility index (Phi) is 5.45. The van der Waals surface area contributed by atoms with Gasteiger partial charge >= 0.3 is 0 Å². The molecule has 4 rings (SSSR count). The number of rotatable bonds is 5. The molecule has 28 heavy (non-hydrogen) atoms. The molecule has 0 spiro atoms. The van der Waals surface area contributed by atoms with E-state index in [-0.39, 0.29) is 23.3 Å². The summed E-state index contributed by atoms with van der Waals surface area (Å²) in [6.45, 7) is 3.82. The molecule has 0 radical (unpaired) electrons. The van der Waals surface area contributed by atoms with Gasteiger partial charge in [-0.3, -0.25) is 9.59 Å². The SMILES string of the molecule is CCC1CN(C(=O)CSc2nc3c(cnn3-c3ccccc3)c(=O)[nH]2)CCO1. The van der Waals surface area contributed by atoms with Gasteiger partial charge in [0.05, 0.1) is 30.3 Å². The van der Waals surface area contributed by atoms with E-state index in [2.05, 4.69) is 15.1 Å². The number of aromatic amines is 1. The fraction of sp³-hybridized carbons (Fsp3) is 0.368. The van der Waals surface area contributed by atoms with E-state index in [0.717, 1.165) is 12.1 Å². The molecule has 1 aliphatic heterocycles. The molecule has 146 valence electrons. The first kappa shape index (κ1) is 18.7. The number of carbonyl (C=O) groups is 1. The van der Waals surface area contributed by atoms with Gasteiger partial charge in [0.2, 0.25) is 5.91 Å². The molecule has 9 heteroatoms. The van der Waals surface area contributed by atoms with Gasteiger partial charge in [-0.25, -0.2) is 9.67 Å². The summed E-state index contributed by atoms with van der Waals surface area (Å²) in [5, 5.41) is 5.11. The lowest BCUT2D eigenvalue weighted by Crippen LogP contribution is -2.46. The molecule has 0 saturated carbocycles. The van der Waals surface area contributed by atoms with E-state index in [0.29, 0.717) is 35.9 Å². The molecular weight excluding hydrogens is 378 g/mol. The van der Waals surface area contributed by atoms with Crippen molar-refractivity contribution in [1.29, 1.82) is 0 Å². The lowest BCUT2D eigenvalue weighted by Gasteiger charge is -2.32. The first-order chi connectivity index (χ1) is 13.7. The number of fused-ring (bicyclic) bond motifs is 1. The molecule has 1 N–H and O–H groups in total. The fourth-order valence-corrected chi connectivity index (χ4v) is 3.90. The molecular formula is C19H21N5O3S. The van der Waals surface area contributed by atoms with Crippen molar-refractivity contribution in [1.82, 2.24) is 24.6 Å². The Bertz CT molecular complexity index is 1030. The van der Waals surface area contributed by atoms with Crippen LogP contribution in [0.5, 0.6) is 0 Å². The zero-order valence-corrected chi connectivity index (χ0v) is 16.3. The van der Waals surface area contributed by atoms with Gasteiger partial charge in [0.1, 0.15) is 5.39 Å². The van der Waals surface area contributed by atoms with Crippen molar-refractivity contribution in [2.24, 2.45) is 0 Å². The highest BCUT2D eigenvalue weighted by Gasteiger charge is 2.23. The molecule has 2 aromatic heterocycles. The number of benzene rings is 1. The number of H-pyrrole nitrogens is 1. The second-order valence-electron chi connectivity index (χ2n) is 6.53. The van der Waals surface area contributed by atoms with Gasteiger partial charge in [0.25, 0.3) is 5.56 Å². The number of carbonyl (C=O) groups excluding carboxylic acids is 1. The van der Waals surface area contributed by atoms with Crippen molar-refractivity contribution < 1.29 is 9.53 Å². The smallest absolute Gasteiger partial charge is 0.262 e. The van der Waals surface area contributed by atoms with Gasteiger partial charge in [-0.15, -0.1) is 0 Å². The van der Waals surface area contributed by atoms with Crippen LogP contribution in [0, 0.1) is 0 Å². The molecule has 1 atom stereocenters. The van der Waals surface area contributed by atoms with E-state index in [9.17, 15) is 9.59 Å². The van der Waals surface area contributed by atoms with Gasteiger partial charge in [0.15, 0.2) is 10.8 Å². The van der Waals surface area contributed by atoms with Crippen LogP contribution in [-0.2, 0) is 9.53 Å². The summed E-state index contributed by atoms with van der Waals surface area (Å²) in [6, 6.07) is 9.51. The maximum Gasteiger partial charge on any atom is 0.262 e. The number of amides is 1. The molecule has 1 unspecified atom stereocenters. The number of nitrogens with one attached hydrogen (secondary N) is 1. The zero-order valence-electron chi connectivity index (χ0n) is 15.5. The van der Waals surface area contributed by atoms with E-state index >= 15 is 0 Å². The number of hydrogen-bond donors (Lipinski definition) is 1. The zero-order chi connectivity index (χ0) is 19.5. The van der Waals surface area contributed by atoms with Crippen molar-refractivity contribution in [3.05, 3.63) is 46.9 Å². The van der Waals surface area contributed by atoms with E-state index < -0.39 is 0 Å². The number of ether oxygens (including phenoxy) is 1. The molecule has 3 aromatic rings. The summed E-state index contributed by atoms with van der Waals surface area (Å²) in [7, 11) is 0. The second-order valence-corrected chi connectivity index (χ2v) is 7.49. The van der Waals surface area contributed by atoms with Crippen molar-refractivity contribution in [2.45, 2.75) is 24.6 Å². The number of aromatic nitrogens is 4. The van der Waals surface area contributed by atoms with Crippen molar-refractivity contribution >= 4 is 28.7 Å². The molecule has 0 aliphatic carbocycles. The molecule has 1 fully saturated rings. The maximum absolute atomic E-state index is 12.5. The third-order valence-corrected chi connectivity index (χ3v) is 5.55. The summed E-state index contributed by atoms with van der Waals surface area (Å²) < 4.78 is 7.24. The Morgan fingerprint density at radius 1 is 1.36 bits per heavy atom. The van der Waals surface area contributed by atoms with E-state index in [4.69, 9.17) is 4.74 Å². The standard InChI is InChI=1S/C19H21N5O3S/c1-2-14-11-23(8-9-27-14)16(25)12-28-19-21-17-15(18(26)22-19)10-20-24(17)13-6-4-3-5-7-13/h3-7,10,14H,2,8-9,11-12H2,1H3,(H,21,22,26).